The molecule has 2 N–H and O–H groups in total. The summed E-state index contributed by atoms with van der Waals surface area (Å²) in [7, 11) is 1.31. The van der Waals surface area contributed by atoms with E-state index in [4.69, 9.17) is 4.74 Å². The molecule has 0 aromatic carbocycles. The van der Waals surface area contributed by atoms with Gasteiger partial charge in [-0.1, -0.05) is 0 Å². The van der Waals surface area contributed by atoms with Gasteiger partial charge in [-0.3, -0.25) is 14.4 Å². The molecule has 0 saturated carbocycles. The highest BCUT2D eigenvalue weighted by Crippen LogP contribution is 2.23. The van der Waals surface area contributed by atoms with E-state index < -0.39 is 5.97 Å². The summed E-state index contributed by atoms with van der Waals surface area (Å²) < 4.78 is 4.81. The van der Waals surface area contributed by atoms with E-state index >= 15 is 0 Å². The van der Waals surface area contributed by atoms with E-state index in [-0.39, 0.29) is 23.6 Å². The standard InChI is InChI=1S/C22H32N4O5/c1-14-18(22(30)31-3)15(2)24-19(14)21(29)26-11-4-7-16(13-26)20(28)23-9-6-12-25-10-5-8-17(25)27/h16,24H,4-13H2,1-3H3,(H,23,28)/t16-/m0/s1. The summed E-state index contributed by atoms with van der Waals surface area (Å²) >= 11 is 0. The van der Waals surface area contributed by atoms with Crippen LogP contribution >= 0.6 is 0 Å². The number of hydrogen-bond donors (Lipinski definition) is 2. The Kier molecular flexibility index (Phi) is 7.35. The van der Waals surface area contributed by atoms with E-state index in [0.29, 0.717) is 55.1 Å². The molecule has 0 bridgehead atoms. The van der Waals surface area contributed by atoms with Crippen LogP contribution in [0.25, 0.3) is 0 Å². The Bertz CT molecular complexity index is 862. The lowest BCUT2D eigenvalue weighted by Crippen LogP contribution is -2.46. The number of nitrogens with zero attached hydrogens (tertiary/aromatic N) is 2. The number of ether oxygens (including phenoxy) is 1. The molecule has 2 fully saturated rings. The first-order valence-electron chi connectivity index (χ1n) is 11.0. The van der Waals surface area contributed by atoms with E-state index in [9.17, 15) is 19.2 Å². The normalized spacial score (nSPS) is 18.9. The molecule has 170 valence electrons. The van der Waals surface area contributed by atoms with Crippen molar-refractivity contribution < 1.29 is 23.9 Å². The average Bonchev–Trinajstić information content (AvgIpc) is 3.31. The number of hydrogen-bond acceptors (Lipinski definition) is 5. The van der Waals surface area contributed by atoms with Crippen molar-refractivity contribution in [2.45, 2.75) is 46.0 Å². The van der Waals surface area contributed by atoms with Crippen molar-refractivity contribution in [1.82, 2.24) is 20.1 Å². The molecule has 0 spiro atoms. The number of likely N-dealkylation sites (tertiary alicyclic amines) is 2. The SMILES string of the molecule is COC(=O)c1c(C)[nH]c(C(=O)N2CCC[C@H](C(=O)NCCCN3CCCC3=O)C2)c1C. The van der Waals surface area contributed by atoms with Gasteiger partial charge in [0.15, 0.2) is 0 Å². The molecule has 0 aliphatic carbocycles. The van der Waals surface area contributed by atoms with Crippen molar-refractivity contribution in [2.24, 2.45) is 5.92 Å². The van der Waals surface area contributed by atoms with Crippen LogP contribution in [0.4, 0.5) is 0 Å². The number of esters is 1. The highest BCUT2D eigenvalue weighted by molar-refractivity contribution is 6.00. The van der Waals surface area contributed by atoms with Crippen molar-refractivity contribution in [1.29, 1.82) is 0 Å². The largest absolute Gasteiger partial charge is 0.465 e. The highest BCUT2D eigenvalue weighted by atomic mass is 16.5. The number of aromatic nitrogens is 1. The van der Waals surface area contributed by atoms with E-state index in [0.717, 1.165) is 32.2 Å². The predicted octanol–water partition coefficient (Wildman–Crippen LogP) is 1.40. The van der Waals surface area contributed by atoms with Crippen LogP contribution in [-0.2, 0) is 14.3 Å². The van der Waals surface area contributed by atoms with Crippen LogP contribution in [0.3, 0.4) is 0 Å². The summed E-state index contributed by atoms with van der Waals surface area (Å²) in [4.78, 5) is 55.9. The quantitative estimate of drug-likeness (QED) is 0.500. The third-order valence-electron chi connectivity index (χ3n) is 6.20. The highest BCUT2D eigenvalue weighted by Gasteiger charge is 2.31. The predicted molar refractivity (Wildman–Crippen MR) is 114 cm³/mol. The molecule has 1 atom stereocenters. The summed E-state index contributed by atoms with van der Waals surface area (Å²) in [5.74, 6) is -0.807. The Morgan fingerprint density at radius 1 is 1.19 bits per heavy atom. The topological polar surface area (TPSA) is 112 Å². The fourth-order valence-corrected chi connectivity index (χ4v) is 4.47. The second-order valence-electron chi connectivity index (χ2n) is 8.34. The van der Waals surface area contributed by atoms with E-state index in [1.165, 1.54) is 7.11 Å². The molecule has 2 aliphatic heterocycles. The summed E-state index contributed by atoms with van der Waals surface area (Å²) in [5, 5.41) is 2.95. The van der Waals surface area contributed by atoms with Crippen LogP contribution in [0.2, 0.25) is 0 Å². The molecule has 2 saturated heterocycles. The number of nitrogens with one attached hydrogen (secondary N) is 2. The van der Waals surface area contributed by atoms with Gasteiger partial charge in [-0.05, 0) is 45.1 Å². The van der Waals surface area contributed by atoms with Gasteiger partial charge < -0.3 is 24.8 Å². The summed E-state index contributed by atoms with van der Waals surface area (Å²) in [6, 6.07) is 0. The lowest BCUT2D eigenvalue weighted by atomic mass is 9.96. The Morgan fingerprint density at radius 3 is 2.65 bits per heavy atom. The number of amides is 3. The zero-order valence-corrected chi connectivity index (χ0v) is 18.6. The maximum absolute atomic E-state index is 13.1. The Morgan fingerprint density at radius 2 is 1.97 bits per heavy atom. The molecule has 3 amide bonds. The Balaban J connectivity index is 1.54. The first kappa shape index (κ1) is 22.8. The number of carbonyl (C=O) groups excluding carboxylic acids is 4. The van der Waals surface area contributed by atoms with Gasteiger partial charge in [0.05, 0.1) is 18.6 Å². The molecule has 0 radical (unpaired) electrons. The van der Waals surface area contributed by atoms with Crippen molar-refractivity contribution in [3.63, 3.8) is 0 Å². The maximum atomic E-state index is 13.1. The van der Waals surface area contributed by atoms with Gasteiger partial charge >= 0.3 is 5.97 Å². The maximum Gasteiger partial charge on any atom is 0.339 e. The molecule has 1 aromatic heterocycles. The van der Waals surface area contributed by atoms with Gasteiger partial charge in [-0.15, -0.1) is 0 Å². The molecule has 1 aromatic rings. The smallest absolute Gasteiger partial charge is 0.339 e. The third-order valence-corrected chi connectivity index (χ3v) is 6.20. The van der Waals surface area contributed by atoms with Gasteiger partial charge in [-0.2, -0.15) is 0 Å². The zero-order chi connectivity index (χ0) is 22.5. The van der Waals surface area contributed by atoms with Gasteiger partial charge in [0.25, 0.3) is 5.91 Å². The van der Waals surface area contributed by atoms with Crippen LogP contribution in [0, 0.1) is 19.8 Å². The number of piperidine rings is 1. The van der Waals surface area contributed by atoms with Crippen molar-refractivity contribution in [2.75, 3.05) is 39.8 Å². The number of carbonyl (C=O) groups is 4. The lowest BCUT2D eigenvalue weighted by Gasteiger charge is -2.32. The van der Waals surface area contributed by atoms with Crippen molar-refractivity contribution >= 4 is 23.7 Å². The summed E-state index contributed by atoms with van der Waals surface area (Å²) in [5.41, 5.74) is 1.91. The van der Waals surface area contributed by atoms with Gasteiger partial charge in [0, 0.05) is 44.8 Å². The Labute approximate surface area is 182 Å². The number of aromatic amines is 1. The molecular weight excluding hydrogens is 400 g/mol. The van der Waals surface area contributed by atoms with Crippen LogP contribution in [0.15, 0.2) is 0 Å². The number of methoxy groups -OCH3 is 1. The minimum atomic E-state index is -0.475. The van der Waals surface area contributed by atoms with E-state index in [1.54, 1.807) is 18.7 Å². The molecule has 2 aliphatic rings. The minimum absolute atomic E-state index is 0.0557. The second kappa shape index (κ2) is 9.98. The fourth-order valence-electron chi connectivity index (χ4n) is 4.47. The first-order chi connectivity index (χ1) is 14.8. The Hall–Kier alpha value is -2.84. The molecule has 9 nitrogen and oxygen atoms in total. The summed E-state index contributed by atoms with van der Waals surface area (Å²) in [6.07, 6.45) is 3.74. The average molecular weight is 433 g/mol. The minimum Gasteiger partial charge on any atom is -0.465 e. The lowest BCUT2D eigenvalue weighted by molar-refractivity contribution is -0.127. The van der Waals surface area contributed by atoms with E-state index in [1.807, 2.05) is 4.90 Å². The van der Waals surface area contributed by atoms with Crippen LogP contribution < -0.4 is 5.32 Å². The molecule has 31 heavy (non-hydrogen) atoms. The zero-order valence-electron chi connectivity index (χ0n) is 18.6. The van der Waals surface area contributed by atoms with Gasteiger partial charge in [0.1, 0.15) is 5.69 Å². The molecule has 3 rings (SSSR count). The molecule has 9 heteroatoms. The van der Waals surface area contributed by atoms with Crippen molar-refractivity contribution in [3.05, 3.63) is 22.5 Å². The number of rotatable bonds is 7. The third kappa shape index (κ3) is 5.08. The molecular formula is C22H32N4O5. The second-order valence-corrected chi connectivity index (χ2v) is 8.34. The molecule has 3 heterocycles. The number of H-pyrrole nitrogens is 1. The molecule has 0 unspecified atom stereocenters. The fraction of sp³-hybridized carbons (Fsp3) is 0.636. The van der Waals surface area contributed by atoms with Crippen LogP contribution in [0.5, 0.6) is 0 Å². The van der Waals surface area contributed by atoms with Gasteiger partial charge in [0.2, 0.25) is 11.8 Å². The monoisotopic (exact) mass is 432 g/mol. The van der Waals surface area contributed by atoms with Crippen LogP contribution in [0.1, 0.15) is 64.2 Å². The summed E-state index contributed by atoms with van der Waals surface area (Å²) in [6.45, 7) is 6.38. The first-order valence-corrected chi connectivity index (χ1v) is 11.0. The van der Waals surface area contributed by atoms with Gasteiger partial charge in [-0.25, -0.2) is 4.79 Å². The van der Waals surface area contributed by atoms with Crippen molar-refractivity contribution in [3.8, 4) is 0 Å². The number of aryl methyl sites for hydroxylation is 1. The van der Waals surface area contributed by atoms with E-state index in [2.05, 4.69) is 10.3 Å². The van der Waals surface area contributed by atoms with Crippen LogP contribution in [-0.4, -0.2) is 78.3 Å².